The van der Waals surface area contributed by atoms with Gasteiger partial charge in [0.05, 0.1) is 5.76 Å². The molecule has 2 aromatic heterocycles. The predicted octanol–water partition coefficient (Wildman–Crippen LogP) is 6.79. The van der Waals surface area contributed by atoms with Crippen LogP contribution in [0.1, 0.15) is 27.7 Å². The van der Waals surface area contributed by atoms with E-state index in [1.165, 1.54) is 58.0 Å². The summed E-state index contributed by atoms with van der Waals surface area (Å²) >= 11 is 0. The number of rotatable bonds is 3. The summed E-state index contributed by atoms with van der Waals surface area (Å²) in [4.78, 5) is 14.4. The number of benzene rings is 3. The quantitative estimate of drug-likeness (QED) is 0.134. The molecular weight excluding hydrogens is 615 g/mol. The van der Waals surface area contributed by atoms with Crippen molar-refractivity contribution in [2.45, 2.75) is 33.7 Å². The zero-order valence-electron chi connectivity index (χ0n) is 20.1. The minimum atomic E-state index is -0.125. The summed E-state index contributed by atoms with van der Waals surface area (Å²) < 4.78 is 2.39. The Morgan fingerprint density at radius 1 is 0.971 bits per heavy atom. The Hall–Kier alpha value is -3.34. The molecule has 1 N–H and O–H groups in total. The maximum absolute atomic E-state index is 10.0. The van der Waals surface area contributed by atoms with Gasteiger partial charge < -0.3 is 19.3 Å². The van der Waals surface area contributed by atoms with E-state index in [4.69, 9.17) is 5.11 Å². The van der Waals surface area contributed by atoms with E-state index in [9.17, 15) is 4.79 Å². The number of hydrogen-bond donors (Lipinski definition) is 1. The van der Waals surface area contributed by atoms with E-state index < -0.39 is 0 Å². The largest absolute Gasteiger partial charge is 0.512 e. The van der Waals surface area contributed by atoms with Gasteiger partial charge in [-0.15, -0.1) is 17.5 Å². The van der Waals surface area contributed by atoms with Crippen LogP contribution in [0.4, 0.5) is 5.69 Å². The second kappa shape index (κ2) is 9.73. The van der Waals surface area contributed by atoms with Crippen molar-refractivity contribution in [2.75, 3.05) is 4.90 Å². The van der Waals surface area contributed by atoms with Gasteiger partial charge in [0.25, 0.3) is 0 Å². The van der Waals surface area contributed by atoms with Gasteiger partial charge in [-0.2, -0.15) is 6.67 Å². The minimum absolute atomic E-state index is 0. The standard InChI is InChI=1S/C24H19N3.C5H8O2.Ir/c1-16(2)25-11-12-26(15-25)17-13-20-18-7-3-5-9-22(18)27-23-10-6-4-8-19(23)21(14-17)24(20)27;1-4(6)3-5(2)7;/h3-13,15-16H,1-2H3;3,6H,1-2H3;/q-2;;/b;4-3-;. The molecule has 3 aromatic carbocycles. The number of allylic oxidation sites excluding steroid dienone is 2. The van der Waals surface area contributed by atoms with Crippen molar-refractivity contribution in [3.63, 3.8) is 0 Å². The van der Waals surface area contributed by atoms with Gasteiger partial charge in [-0.25, -0.2) is 0 Å². The van der Waals surface area contributed by atoms with Crippen molar-refractivity contribution >= 4 is 49.6 Å². The molecule has 0 atom stereocenters. The van der Waals surface area contributed by atoms with Crippen LogP contribution in [0.2, 0.25) is 0 Å². The molecule has 6 rings (SSSR count). The molecule has 0 spiro atoms. The molecule has 0 bridgehead atoms. The van der Waals surface area contributed by atoms with Gasteiger partial charge in [-0.3, -0.25) is 4.79 Å². The average molecular weight is 642 g/mol. The molecule has 0 saturated carbocycles. The Balaban J connectivity index is 0.000000320. The van der Waals surface area contributed by atoms with E-state index in [0.717, 1.165) is 5.69 Å². The fourth-order valence-corrected chi connectivity index (χ4v) is 4.59. The Morgan fingerprint density at radius 3 is 2.17 bits per heavy atom. The van der Waals surface area contributed by atoms with Crippen LogP contribution in [-0.4, -0.2) is 26.2 Å². The van der Waals surface area contributed by atoms with Crippen LogP contribution in [0, 0.1) is 12.7 Å². The van der Waals surface area contributed by atoms with Gasteiger partial charge in [0.1, 0.15) is 0 Å². The SMILES string of the molecule is CC(=O)/C=C(/C)O.CC(C)N1C=CN(c2[c-]c3c4ccccc4n4c5ccccc5c(c2)c34)[CH-]1.[Ir]. The Bertz CT molecular complexity index is 1490. The molecule has 0 amide bonds. The van der Waals surface area contributed by atoms with Crippen LogP contribution >= 0.6 is 0 Å². The number of ketones is 1. The molecule has 0 fully saturated rings. The molecule has 1 aliphatic heterocycles. The predicted molar refractivity (Wildman–Crippen MR) is 140 cm³/mol. The third-order valence-corrected chi connectivity index (χ3v) is 6.04. The molecule has 35 heavy (non-hydrogen) atoms. The normalized spacial score (nSPS) is 13.8. The minimum Gasteiger partial charge on any atom is -0.512 e. The zero-order valence-corrected chi connectivity index (χ0v) is 22.5. The number of nitrogens with zero attached hydrogens (tertiary/aromatic N) is 3. The third-order valence-electron chi connectivity index (χ3n) is 6.04. The number of aliphatic hydroxyl groups is 1. The number of carbonyl (C=O) groups excluding carboxylic acids is 1. The monoisotopic (exact) mass is 642 g/mol. The fourth-order valence-electron chi connectivity index (χ4n) is 4.59. The molecule has 3 heterocycles. The van der Waals surface area contributed by atoms with E-state index in [1.54, 1.807) is 0 Å². The first kappa shape index (κ1) is 24.8. The number of aliphatic hydroxyl groups excluding tert-OH is 1. The van der Waals surface area contributed by atoms with Gasteiger partial charge >= 0.3 is 0 Å². The van der Waals surface area contributed by atoms with E-state index in [2.05, 4.69) is 108 Å². The van der Waals surface area contributed by atoms with Crippen LogP contribution < -0.4 is 4.90 Å². The number of carbonyl (C=O) groups is 1. The van der Waals surface area contributed by atoms with E-state index >= 15 is 0 Å². The number of aromatic nitrogens is 1. The second-order valence-electron chi connectivity index (χ2n) is 8.92. The number of para-hydroxylation sites is 2. The Labute approximate surface area is 218 Å². The molecule has 6 heteroatoms. The van der Waals surface area contributed by atoms with E-state index in [1.807, 2.05) is 0 Å². The van der Waals surface area contributed by atoms with Crippen molar-refractivity contribution in [3.8, 4) is 0 Å². The third kappa shape index (κ3) is 4.40. The summed E-state index contributed by atoms with van der Waals surface area (Å²) in [6, 6.07) is 23.7. The fraction of sp³-hybridized carbons (Fsp3) is 0.172. The van der Waals surface area contributed by atoms with Crippen molar-refractivity contribution in [2.24, 2.45) is 0 Å². The maximum atomic E-state index is 10.0. The van der Waals surface area contributed by atoms with Crippen LogP contribution in [0.15, 0.2) is 78.8 Å². The maximum Gasteiger partial charge on any atom is 0.155 e. The molecule has 1 radical (unpaired) electrons. The first-order chi connectivity index (χ1) is 16.3. The first-order valence-electron chi connectivity index (χ1n) is 11.4. The van der Waals surface area contributed by atoms with Crippen LogP contribution in [0.3, 0.4) is 0 Å². The molecule has 0 unspecified atom stereocenters. The smallest absolute Gasteiger partial charge is 0.155 e. The Morgan fingerprint density at radius 2 is 1.60 bits per heavy atom. The topological polar surface area (TPSA) is 48.2 Å². The molecule has 5 aromatic rings. The van der Waals surface area contributed by atoms with Crippen LogP contribution in [0.5, 0.6) is 0 Å². The molecule has 0 saturated heterocycles. The molecule has 181 valence electrons. The summed E-state index contributed by atoms with van der Waals surface area (Å²) in [5, 5.41) is 13.4. The van der Waals surface area contributed by atoms with Crippen LogP contribution in [-0.2, 0) is 24.9 Å². The van der Waals surface area contributed by atoms with Crippen molar-refractivity contribution in [1.82, 2.24) is 9.30 Å². The number of hydrogen-bond acceptors (Lipinski definition) is 4. The van der Waals surface area contributed by atoms with Gasteiger partial charge in [0.2, 0.25) is 0 Å². The van der Waals surface area contributed by atoms with Gasteiger partial charge in [-0.05, 0) is 69.2 Å². The van der Waals surface area contributed by atoms with Crippen LogP contribution in [0.25, 0.3) is 38.1 Å². The van der Waals surface area contributed by atoms with Crippen molar-refractivity contribution in [3.05, 3.63) is 91.6 Å². The van der Waals surface area contributed by atoms with E-state index in [0.29, 0.717) is 6.04 Å². The first-order valence-corrected chi connectivity index (χ1v) is 11.4. The average Bonchev–Trinajstić information content (AvgIpc) is 3.50. The number of fused-ring (bicyclic) bond motifs is 6. The van der Waals surface area contributed by atoms with E-state index in [-0.39, 0.29) is 31.6 Å². The summed E-state index contributed by atoms with van der Waals surface area (Å²) in [5.74, 6) is -0.0625. The summed E-state index contributed by atoms with van der Waals surface area (Å²) in [6.07, 6.45) is 5.41. The number of anilines is 1. The molecule has 5 nitrogen and oxygen atoms in total. The summed E-state index contributed by atoms with van der Waals surface area (Å²) in [6.45, 7) is 9.39. The Kier molecular flexibility index (Phi) is 6.88. The van der Waals surface area contributed by atoms with Crippen molar-refractivity contribution in [1.29, 1.82) is 0 Å². The van der Waals surface area contributed by atoms with Crippen molar-refractivity contribution < 1.29 is 30.0 Å². The summed E-state index contributed by atoms with van der Waals surface area (Å²) in [5.41, 5.74) is 4.85. The zero-order chi connectivity index (χ0) is 24.0. The molecule has 1 aliphatic rings. The van der Waals surface area contributed by atoms with Gasteiger partial charge in [0.15, 0.2) is 5.78 Å². The molecular formula is C29H27IrN3O2-2. The summed E-state index contributed by atoms with van der Waals surface area (Å²) in [7, 11) is 0. The van der Waals surface area contributed by atoms with Gasteiger partial charge in [-0.1, -0.05) is 52.9 Å². The second-order valence-corrected chi connectivity index (χ2v) is 8.92. The molecule has 0 aliphatic carbocycles. The van der Waals surface area contributed by atoms with Gasteiger partial charge in [0, 0.05) is 37.2 Å².